The highest BCUT2D eigenvalue weighted by Crippen LogP contribution is 2.26. The van der Waals surface area contributed by atoms with Crippen molar-refractivity contribution in [2.24, 2.45) is 5.10 Å². The average molecular weight is 460 g/mol. The summed E-state index contributed by atoms with van der Waals surface area (Å²) in [5, 5.41) is 6.11. The van der Waals surface area contributed by atoms with Gasteiger partial charge in [0.05, 0.1) is 13.3 Å². The van der Waals surface area contributed by atoms with Gasteiger partial charge in [0.2, 0.25) is 0 Å². The molecule has 3 aromatic carbocycles. The summed E-state index contributed by atoms with van der Waals surface area (Å²) in [6.07, 6.45) is 1.59. The largest absolute Gasteiger partial charge is 0.496 e. The maximum Gasteiger partial charge on any atom is 0.277 e. The van der Waals surface area contributed by atoms with Crippen molar-refractivity contribution in [1.82, 2.24) is 5.43 Å². The van der Waals surface area contributed by atoms with Gasteiger partial charge in [0.15, 0.2) is 6.61 Å². The van der Waals surface area contributed by atoms with E-state index in [1.54, 1.807) is 13.3 Å². The van der Waals surface area contributed by atoms with E-state index in [2.05, 4.69) is 33.1 Å². The van der Waals surface area contributed by atoms with Gasteiger partial charge in [-0.25, -0.2) is 5.43 Å². The highest BCUT2D eigenvalue weighted by atomic mass is 127. The van der Waals surface area contributed by atoms with Crippen molar-refractivity contribution in [3.8, 4) is 11.5 Å². The number of hydrazone groups is 1. The Morgan fingerprint density at radius 2 is 1.88 bits per heavy atom. The molecule has 132 valence electrons. The number of benzene rings is 3. The van der Waals surface area contributed by atoms with Crippen molar-refractivity contribution in [1.29, 1.82) is 0 Å². The first-order chi connectivity index (χ1) is 12.7. The molecule has 0 aliphatic carbocycles. The van der Waals surface area contributed by atoms with Gasteiger partial charge in [0.25, 0.3) is 5.91 Å². The zero-order valence-electron chi connectivity index (χ0n) is 14.1. The molecule has 0 spiro atoms. The molecule has 26 heavy (non-hydrogen) atoms. The summed E-state index contributed by atoms with van der Waals surface area (Å²) >= 11 is 2.21. The molecule has 0 aromatic heterocycles. The van der Waals surface area contributed by atoms with Crippen molar-refractivity contribution in [3.63, 3.8) is 0 Å². The van der Waals surface area contributed by atoms with Crippen LogP contribution in [0.5, 0.6) is 11.5 Å². The summed E-state index contributed by atoms with van der Waals surface area (Å²) in [7, 11) is 1.61. The molecule has 3 aromatic rings. The van der Waals surface area contributed by atoms with E-state index in [-0.39, 0.29) is 12.5 Å². The molecular weight excluding hydrogens is 443 g/mol. The summed E-state index contributed by atoms with van der Waals surface area (Å²) in [5.74, 6) is 0.996. The Kier molecular flexibility index (Phi) is 6.06. The first kappa shape index (κ1) is 18.2. The van der Waals surface area contributed by atoms with Gasteiger partial charge in [0.1, 0.15) is 11.5 Å². The number of ether oxygens (including phenoxy) is 2. The second-order valence-corrected chi connectivity index (χ2v) is 6.68. The van der Waals surface area contributed by atoms with Crippen molar-refractivity contribution in [2.45, 2.75) is 0 Å². The summed E-state index contributed by atoms with van der Waals surface area (Å²) in [6.45, 7) is -0.107. The minimum atomic E-state index is -0.334. The topological polar surface area (TPSA) is 59.9 Å². The Morgan fingerprint density at radius 1 is 1.12 bits per heavy atom. The maximum absolute atomic E-state index is 11.9. The second kappa shape index (κ2) is 8.66. The molecule has 5 nitrogen and oxygen atoms in total. The fourth-order valence-corrected chi connectivity index (χ4v) is 2.83. The molecule has 0 saturated carbocycles. The fourth-order valence-electron chi connectivity index (χ4n) is 2.47. The highest BCUT2D eigenvalue weighted by Gasteiger charge is 2.06. The quantitative estimate of drug-likeness (QED) is 0.344. The van der Waals surface area contributed by atoms with Crippen LogP contribution in [0.2, 0.25) is 0 Å². The van der Waals surface area contributed by atoms with E-state index < -0.39 is 0 Å². The van der Waals surface area contributed by atoms with E-state index in [1.807, 2.05) is 60.7 Å². The van der Waals surface area contributed by atoms with Crippen LogP contribution in [-0.4, -0.2) is 25.8 Å². The van der Waals surface area contributed by atoms with Gasteiger partial charge in [-0.1, -0.05) is 30.3 Å². The van der Waals surface area contributed by atoms with Crippen molar-refractivity contribution in [3.05, 3.63) is 69.8 Å². The number of fused-ring (bicyclic) bond motifs is 1. The Labute approximate surface area is 165 Å². The smallest absolute Gasteiger partial charge is 0.277 e. The summed E-state index contributed by atoms with van der Waals surface area (Å²) in [5.41, 5.74) is 3.29. The van der Waals surface area contributed by atoms with Crippen molar-refractivity contribution < 1.29 is 14.3 Å². The predicted molar refractivity (Wildman–Crippen MR) is 111 cm³/mol. The van der Waals surface area contributed by atoms with Crippen molar-refractivity contribution in [2.75, 3.05) is 13.7 Å². The van der Waals surface area contributed by atoms with Gasteiger partial charge in [0, 0.05) is 9.13 Å². The standard InChI is InChI=1S/C20H17IN2O3/c1-25-19-11-6-14-4-2-3-5-17(14)18(19)12-22-23-20(24)13-26-16-9-7-15(21)8-10-16/h2-12H,13H2,1H3,(H,23,24). The first-order valence-corrected chi connectivity index (χ1v) is 9.01. The molecule has 1 amide bonds. The average Bonchev–Trinajstić information content (AvgIpc) is 2.67. The maximum atomic E-state index is 11.9. The molecule has 0 aliphatic rings. The number of hydrogen-bond donors (Lipinski definition) is 1. The minimum Gasteiger partial charge on any atom is -0.496 e. The number of hydrogen-bond acceptors (Lipinski definition) is 4. The lowest BCUT2D eigenvalue weighted by atomic mass is 10.0. The van der Waals surface area contributed by atoms with E-state index in [1.165, 1.54) is 0 Å². The monoisotopic (exact) mass is 460 g/mol. The molecule has 3 rings (SSSR count). The third-order valence-electron chi connectivity index (χ3n) is 3.72. The van der Waals surface area contributed by atoms with Crippen molar-refractivity contribution >= 4 is 45.5 Å². The third-order valence-corrected chi connectivity index (χ3v) is 4.44. The van der Waals surface area contributed by atoms with Gasteiger partial charge >= 0.3 is 0 Å². The van der Waals surface area contributed by atoms with E-state index in [0.717, 1.165) is 19.9 Å². The van der Waals surface area contributed by atoms with Gasteiger partial charge < -0.3 is 9.47 Å². The number of rotatable bonds is 6. The Morgan fingerprint density at radius 3 is 2.65 bits per heavy atom. The van der Waals surface area contributed by atoms with Gasteiger partial charge in [-0.05, 0) is 63.7 Å². The number of nitrogens with zero attached hydrogens (tertiary/aromatic N) is 1. The van der Waals surface area contributed by atoms with Crippen LogP contribution < -0.4 is 14.9 Å². The number of carbonyl (C=O) groups excluding carboxylic acids is 1. The molecular formula is C20H17IN2O3. The van der Waals surface area contributed by atoms with Crippen LogP contribution in [-0.2, 0) is 4.79 Å². The van der Waals surface area contributed by atoms with E-state index >= 15 is 0 Å². The van der Waals surface area contributed by atoms with Crippen LogP contribution in [0.1, 0.15) is 5.56 Å². The number of nitrogens with one attached hydrogen (secondary N) is 1. The number of methoxy groups -OCH3 is 1. The highest BCUT2D eigenvalue weighted by molar-refractivity contribution is 14.1. The molecule has 0 aliphatic heterocycles. The second-order valence-electron chi connectivity index (χ2n) is 5.44. The lowest BCUT2D eigenvalue weighted by molar-refractivity contribution is -0.123. The van der Waals surface area contributed by atoms with E-state index in [0.29, 0.717) is 11.5 Å². The molecule has 0 unspecified atom stereocenters. The fraction of sp³-hybridized carbons (Fsp3) is 0.100. The number of amides is 1. The summed E-state index contributed by atoms with van der Waals surface area (Å²) in [6, 6.07) is 19.3. The molecule has 1 N–H and O–H groups in total. The normalized spacial score (nSPS) is 10.8. The minimum absolute atomic E-state index is 0.107. The number of halogens is 1. The molecule has 0 radical (unpaired) electrons. The van der Waals surface area contributed by atoms with Crippen LogP contribution in [0.4, 0.5) is 0 Å². The molecule has 0 heterocycles. The predicted octanol–water partition coefficient (Wildman–Crippen LogP) is 3.98. The van der Waals surface area contributed by atoms with E-state index in [9.17, 15) is 4.79 Å². The van der Waals surface area contributed by atoms with Crippen LogP contribution in [0, 0.1) is 3.57 Å². The van der Waals surface area contributed by atoms with Crippen LogP contribution in [0.15, 0.2) is 65.8 Å². The van der Waals surface area contributed by atoms with E-state index in [4.69, 9.17) is 9.47 Å². The molecule has 0 atom stereocenters. The van der Waals surface area contributed by atoms with Crippen LogP contribution in [0.3, 0.4) is 0 Å². The summed E-state index contributed by atoms with van der Waals surface area (Å²) < 4.78 is 11.9. The molecule has 0 bridgehead atoms. The molecule has 0 fully saturated rings. The van der Waals surface area contributed by atoms with Gasteiger partial charge in [-0.3, -0.25) is 4.79 Å². The summed E-state index contributed by atoms with van der Waals surface area (Å²) in [4.78, 5) is 11.9. The third kappa shape index (κ3) is 4.51. The lowest BCUT2D eigenvalue weighted by Crippen LogP contribution is -2.24. The zero-order chi connectivity index (χ0) is 18.4. The SMILES string of the molecule is COc1ccc2ccccc2c1C=NNC(=O)COc1ccc(I)cc1. The Hall–Kier alpha value is -2.61. The zero-order valence-corrected chi connectivity index (χ0v) is 16.3. The molecule has 0 saturated heterocycles. The number of carbonyl (C=O) groups is 1. The van der Waals surface area contributed by atoms with Gasteiger partial charge in [-0.2, -0.15) is 5.10 Å². The van der Waals surface area contributed by atoms with Crippen LogP contribution >= 0.6 is 22.6 Å². The Bertz CT molecular complexity index is 939. The molecule has 6 heteroatoms. The first-order valence-electron chi connectivity index (χ1n) is 7.93. The van der Waals surface area contributed by atoms with Crippen LogP contribution in [0.25, 0.3) is 10.8 Å². The lowest BCUT2D eigenvalue weighted by Gasteiger charge is -2.08. The Balaban J connectivity index is 1.65. The van der Waals surface area contributed by atoms with Gasteiger partial charge in [-0.15, -0.1) is 0 Å².